The normalized spacial score (nSPS) is 14.4. The fourth-order valence-electron chi connectivity index (χ4n) is 1.75. The van der Waals surface area contributed by atoms with Crippen molar-refractivity contribution in [1.82, 2.24) is 0 Å². The van der Waals surface area contributed by atoms with Crippen molar-refractivity contribution >= 4 is 11.9 Å². The Kier molecular flexibility index (Phi) is 6.77. The first-order valence-corrected chi connectivity index (χ1v) is 5.58. The summed E-state index contributed by atoms with van der Waals surface area (Å²) in [6.45, 7) is 5.85. The third-order valence-electron chi connectivity index (χ3n) is 2.53. The number of carbonyl (C=O) groups excluding carboxylic acids is 2. The predicted octanol–water partition coefficient (Wildman–Crippen LogP) is 2.02. The Morgan fingerprint density at radius 3 is 1.81 bits per heavy atom. The lowest BCUT2D eigenvalue weighted by Gasteiger charge is -2.19. The molecule has 0 unspecified atom stereocenters. The molecule has 4 nitrogen and oxygen atoms in total. The lowest BCUT2D eigenvalue weighted by molar-refractivity contribution is -0.149. The molecule has 2 atom stereocenters. The zero-order valence-corrected chi connectivity index (χ0v) is 10.8. The van der Waals surface area contributed by atoms with Crippen LogP contribution in [0.3, 0.4) is 0 Å². The monoisotopic (exact) mass is 230 g/mol. The van der Waals surface area contributed by atoms with Crippen molar-refractivity contribution in [2.75, 3.05) is 14.2 Å². The Labute approximate surface area is 97.3 Å². The minimum atomic E-state index is -0.280. The SMILES string of the molecule is COC(=O)[C@@H](CC(C)C)C[C@@H](C)C(=O)OC. The molecule has 0 radical (unpaired) electrons. The number of hydrogen-bond donors (Lipinski definition) is 0. The Morgan fingerprint density at radius 2 is 1.44 bits per heavy atom. The van der Waals surface area contributed by atoms with Gasteiger partial charge in [-0.1, -0.05) is 20.8 Å². The fourth-order valence-corrected chi connectivity index (χ4v) is 1.75. The second-order valence-corrected chi connectivity index (χ2v) is 4.51. The van der Waals surface area contributed by atoms with E-state index < -0.39 is 0 Å². The topological polar surface area (TPSA) is 52.6 Å². The summed E-state index contributed by atoms with van der Waals surface area (Å²) >= 11 is 0. The Balaban J connectivity index is 4.41. The molecule has 0 aromatic rings. The highest BCUT2D eigenvalue weighted by atomic mass is 16.5. The molecule has 0 rings (SSSR count). The van der Waals surface area contributed by atoms with E-state index in [0.29, 0.717) is 12.3 Å². The van der Waals surface area contributed by atoms with Crippen molar-refractivity contribution in [3.63, 3.8) is 0 Å². The minimum absolute atomic E-state index is 0.223. The Bertz CT molecular complexity index is 235. The molecule has 0 N–H and O–H groups in total. The number of hydrogen-bond acceptors (Lipinski definition) is 4. The van der Waals surface area contributed by atoms with Crippen LogP contribution in [0.4, 0.5) is 0 Å². The number of methoxy groups -OCH3 is 2. The molecular weight excluding hydrogens is 208 g/mol. The molecule has 0 aromatic heterocycles. The predicted molar refractivity (Wildman–Crippen MR) is 60.8 cm³/mol. The smallest absolute Gasteiger partial charge is 0.308 e. The molecule has 94 valence electrons. The number of esters is 2. The van der Waals surface area contributed by atoms with E-state index in [1.165, 1.54) is 14.2 Å². The van der Waals surface area contributed by atoms with Gasteiger partial charge in [-0.2, -0.15) is 0 Å². The summed E-state index contributed by atoms with van der Waals surface area (Å²) in [6, 6.07) is 0. The van der Waals surface area contributed by atoms with Crippen LogP contribution in [0.15, 0.2) is 0 Å². The first kappa shape index (κ1) is 14.9. The van der Waals surface area contributed by atoms with Gasteiger partial charge >= 0.3 is 11.9 Å². The molecule has 0 aliphatic heterocycles. The Hall–Kier alpha value is -1.06. The van der Waals surface area contributed by atoms with E-state index >= 15 is 0 Å². The van der Waals surface area contributed by atoms with Crippen LogP contribution in [0.25, 0.3) is 0 Å². The van der Waals surface area contributed by atoms with E-state index in [4.69, 9.17) is 4.74 Å². The van der Waals surface area contributed by atoms with Crippen LogP contribution in [0.2, 0.25) is 0 Å². The fraction of sp³-hybridized carbons (Fsp3) is 0.833. The largest absolute Gasteiger partial charge is 0.469 e. The summed E-state index contributed by atoms with van der Waals surface area (Å²) in [5, 5.41) is 0. The summed E-state index contributed by atoms with van der Waals surface area (Å²) in [5.41, 5.74) is 0. The highest BCUT2D eigenvalue weighted by molar-refractivity contribution is 5.75. The highest BCUT2D eigenvalue weighted by Gasteiger charge is 2.26. The van der Waals surface area contributed by atoms with Crippen molar-refractivity contribution in [2.24, 2.45) is 17.8 Å². The van der Waals surface area contributed by atoms with Gasteiger partial charge in [0.05, 0.1) is 26.1 Å². The van der Waals surface area contributed by atoms with Crippen molar-refractivity contribution in [3.8, 4) is 0 Å². The maximum atomic E-state index is 11.5. The van der Waals surface area contributed by atoms with Gasteiger partial charge in [-0.25, -0.2) is 0 Å². The zero-order valence-electron chi connectivity index (χ0n) is 10.8. The average molecular weight is 230 g/mol. The molecule has 0 aliphatic carbocycles. The van der Waals surface area contributed by atoms with E-state index in [0.717, 1.165) is 6.42 Å². The maximum absolute atomic E-state index is 11.5. The third kappa shape index (κ3) is 5.14. The molecule has 0 saturated heterocycles. The summed E-state index contributed by atoms with van der Waals surface area (Å²) in [7, 11) is 2.73. The van der Waals surface area contributed by atoms with Crippen LogP contribution in [0.5, 0.6) is 0 Å². The van der Waals surface area contributed by atoms with Gasteiger partial charge < -0.3 is 9.47 Å². The van der Waals surface area contributed by atoms with Gasteiger partial charge in [0.1, 0.15) is 0 Å². The second kappa shape index (κ2) is 7.25. The lowest BCUT2D eigenvalue weighted by atomic mass is 9.89. The van der Waals surface area contributed by atoms with Crippen LogP contribution in [-0.2, 0) is 19.1 Å². The molecule has 0 aliphatic rings. The van der Waals surface area contributed by atoms with Crippen LogP contribution in [0, 0.1) is 17.8 Å². The number of rotatable bonds is 6. The first-order chi connectivity index (χ1) is 7.42. The van der Waals surface area contributed by atoms with Gasteiger partial charge in [-0.3, -0.25) is 9.59 Å². The first-order valence-electron chi connectivity index (χ1n) is 5.58. The molecule has 0 aromatic carbocycles. The summed E-state index contributed by atoms with van der Waals surface area (Å²) < 4.78 is 9.38. The van der Waals surface area contributed by atoms with Gasteiger partial charge in [0.2, 0.25) is 0 Å². The van der Waals surface area contributed by atoms with Gasteiger partial charge in [0.25, 0.3) is 0 Å². The van der Waals surface area contributed by atoms with Crippen LogP contribution in [0.1, 0.15) is 33.6 Å². The van der Waals surface area contributed by atoms with E-state index in [9.17, 15) is 9.59 Å². The van der Waals surface area contributed by atoms with E-state index in [2.05, 4.69) is 4.74 Å². The molecule has 0 saturated carbocycles. The summed E-state index contributed by atoms with van der Waals surface area (Å²) in [4.78, 5) is 22.8. The third-order valence-corrected chi connectivity index (χ3v) is 2.53. The van der Waals surface area contributed by atoms with E-state index in [1.807, 2.05) is 13.8 Å². The number of ether oxygens (including phenoxy) is 2. The van der Waals surface area contributed by atoms with Crippen molar-refractivity contribution in [2.45, 2.75) is 33.6 Å². The van der Waals surface area contributed by atoms with Gasteiger partial charge in [0.15, 0.2) is 0 Å². The molecule has 0 fully saturated rings. The van der Waals surface area contributed by atoms with Gasteiger partial charge in [-0.05, 0) is 18.8 Å². The van der Waals surface area contributed by atoms with Gasteiger partial charge in [-0.15, -0.1) is 0 Å². The minimum Gasteiger partial charge on any atom is -0.469 e. The van der Waals surface area contributed by atoms with Crippen molar-refractivity contribution in [1.29, 1.82) is 0 Å². The molecule has 0 heterocycles. The zero-order chi connectivity index (χ0) is 12.7. The average Bonchev–Trinajstić information content (AvgIpc) is 2.25. The molecule has 0 spiro atoms. The molecule has 16 heavy (non-hydrogen) atoms. The van der Waals surface area contributed by atoms with Crippen molar-refractivity contribution < 1.29 is 19.1 Å². The molecule has 0 amide bonds. The van der Waals surface area contributed by atoms with Crippen LogP contribution >= 0.6 is 0 Å². The molecule has 0 bridgehead atoms. The number of carbonyl (C=O) groups is 2. The molecular formula is C12H22O4. The van der Waals surface area contributed by atoms with Gasteiger partial charge in [0, 0.05) is 0 Å². The highest BCUT2D eigenvalue weighted by Crippen LogP contribution is 2.22. The summed E-state index contributed by atoms with van der Waals surface area (Å²) in [5.74, 6) is -0.622. The molecule has 4 heteroatoms. The summed E-state index contributed by atoms with van der Waals surface area (Å²) in [6.07, 6.45) is 1.21. The van der Waals surface area contributed by atoms with Crippen LogP contribution in [-0.4, -0.2) is 26.2 Å². The maximum Gasteiger partial charge on any atom is 0.308 e. The van der Waals surface area contributed by atoms with E-state index in [-0.39, 0.29) is 23.8 Å². The quantitative estimate of drug-likeness (QED) is 0.655. The van der Waals surface area contributed by atoms with E-state index in [1.54, 1.807) is 6.92 Å². The van der Waals surface area contributed by atoms with Crippen LogP contribution < -0.4 is 0 Å². The second-order valence-electron chi connectivity index (χ2n) is 4.51. The standard InChI is InChI=1S/C12H22O4/c1-8(2)6-10(12(14)16-5)7-9(3)11(13)15-4/h8-10H,6-7H2,1-5H3/t9-,10+/m1/s1. The van der Waals surface area contributed by atoms with Crippen molar-refractivity contribution in [3.05, 3.63) is 0 Å². The Morgan fingerprint density at radius 1 is 0.938 bits per heavy atom. The lowest BCUT2D eigenvalue weighted by Crippen LogP contribution is -2.24.